The van der Waals surface area contributed by atoms with E-state index in [4.69, 9.17) is 4.74 Å². The second-order valence-electron chi connectivity index (χ2n) is 11.9. The third-order valence-corrected chi connectivity index (χ3v) is 6.87. The van der Waals surface area contributed by atoms with Gasteiger partial charge < -0.3 is 10.1 Å². The van der Waals surface area contributed by atoms with Crippen LogP contribution in [0.1, 0.15) is 93.9 Å². The van der Waals surface area contributed by atoms with Gasteiger partial charge in [-0.1, -0.05) is 33.8 Å². The Hall–Kier alpha value is -2.18. The Morgan fingerprint density at radius 2 is 1.74 bits per heavy atom. The zero-order chi connectivity index (χ0) is 25.8. The molecule has 0 aromatic carbocycles. The first-order valence-corrected chi connectivity index (χ1v) is 12.7. The van der Waals surface area contributed by atoms with Crippen LogP contribution in [0.4, 0.5) is 0 Å². The van der Waals surface area contributed by atoms with Crippen LogP contribution >= 0.6 is 0 Å². The maximum atomic E-state index is 13.2. The van der Waals surface area contributed by atoms with Gasteiger partial charge in [-0.2, -0.15) is 0 Å². The van der Waals surface area contributed by atoms with Crippen LogP contribution in [0.5, 0.6) is 0 Å². The summed E-state index contributed by atoms with van der Waals surface area (Å²) in [6, 6.07) is 0. The lowest BCUT2D eigenvalue weighted by Gasteiger charge is -2.41. The highest BCUT2D eigenvalue weighted by atomic mass is 16.5. The van der Waals surface area contributed by atoms with Crippen molar-refractivity contribution >= 4 is 23.7 Å². The Labute approximate surface area is 205 Å². The Balaban J connectivity index is 2.01. The predicted molar refractivity (Wildman–Crippen MR) is 132 cm³/mol. The molecule has 0 bridgehead atoms. The SMILES string of the molecule is CC(C)C(=O)O[C@H]1/C=C/CC[C@@H](C(=O)NC(C)(C)CC(C)(C)N2C(=O)CC(C(C)C)C2=O)CC1. The number of carbonyl (C=O) groups excluding carboxylic acids is 4. The highest BCUT2D eigenvalue weighted by Crippen LogP contribution is 2.36. The Morgan fingerprint density at radius 3 is 2.29 bits per heavy atom. The van der Waals surface area contributed by atoms with Crippen molar-refractivity contribution in [1.82, 2.24) is 10.2 Å². The van der Waals surface area contributed by atoms with Crippen LogP contribution in [0, 0.1) is 23.7 Å². The van der Waals surface area contributed by atoms with E-state index in [1.165, 1.54) is 4.90 Å². The minimum Gasteiger partial charge on any atom is -0.458 e. The van der Waals surface area contributed by atoms with Crippen LogP contribution in [0.25, 0.3) is 0 Å². The van der Waals surface area contributed by atoms with E-state index in [-0.39, 0.29) is 59.9 Å². The fraction of sp³-hybridized carbons (Fsp3) is 0.778. The average molecular weight is 477 g/mol. The summed E-state index contributed by atoms with van der Waals surface area (Å²) >= 11 is 0. The molecule has 1 fully saturated rings. The maximum Gasteiger partial charge on any atom is 0.308 e. The third-order valence-electron chi connectivity index (χ3n) is 6.87. The molecule has 0 aromatic heterocycles. The molecule has 1 heterocycles. The number of hydrogen-bond acceptors (Lipinski definition) is 5. The number of likely N-dealkylation sites (tertiary alicyclic amines) is 1. The molecular weight excluding hydrogens is 432 g/mol. The summed E-state index contributed by atoms with van der Waals surface area (Å²) in [5.74, 6) is -1.05. The number of amides is 3. The molecule has 192 valence electrons. The summed E-state index contributed by atoms with van der Waals surface area (Å²) in [5, 5.41) is 3.17. The largest absolute Gasteiger partial charge is 0.458 e. The molecule has 0 aromatic rings. The normalized spacial score (nSPS) is 25.4. The van der Waals surface area contributed by atoms with E-state index in [1.54, 1.807) is 13.8 Å². The molecule has 7 nitrogen and oxygen atoms in total. The Morgan fingerprint density at radius 1 is 1.09 bits per heavy atom. The standard InChI is InChI=1S/C27H44N2O5/c1-17(2)21-15-22(30)29(24(21)32)27(7,8)16-26(5,6)28-23(31)19-11-9-10-12-20(14-13-19)34-25(33)18(3)4/h10,12,17-21H,9,11,13-16H2,1-8H3,(H,28,31)/b12-10+/t19-,20+,21?/m1/s1. The van der Waals surface area contributed by atoms with Gasteiger partial charge >= 0.3 is 5.97 Å². The number of hydrogen-bond donors (Lipinski definition) is 1. The van der Waals surface area contributed by atoms with E-state index in [0.29, 0.717) is 19.3 Å². The van der Waals surface area contributed by atoms with Gasteiger partial charge in [0.15, 0.2) is 0 Å². The molecule has 0 saturated carbocycles. The summed E-state index contributed by atoms with van der Waals surface area (Å²) in [6.45, 7) is 15.2. The molecule has 7 heteroatoms. The van der Waals surface area contributed by atoms with Gasteiger partial charge in [-0.15, -0.1) is 0 Å². The molecule has 0 radical (unpaired) electrons. The molecule has 1 aliphatic carbocycles. The van der Waals surface area contributed by atoms with Gasteiger partial charge in [0.2, 0.25) is 17.7 Å². The van der Waals surface area contributed by atoms with E-state index in [1.807, 2.05) is 53.7 Å². The van der Waals surface area contributed by atoms with Crippen molar-refractivity contribution in [2.24, 2.45) is 23.7 Å². The van der Waals surface area contributed by atoms with Gasteiger partial charge in [-0.25, -0.2) is 0 Å². The lowest BCUT2D eigenvalue weighted by molar-refractivity contribution is -0.151. The van der Waals surface area contributed by atoms with Crippen LogP contribution in [-0.2, 0) is 23.9 Å². The molecule has 0 spiro atoms. The quantitative estimate of drug-likeness (QED) is 0.318. The highest BCUT2D eigenvalue weighted by Gasteiger charge is 2.48. The predicted octanol–water partition coefficient (Wildman–Crippen LogP) is 4.40. The van der Waals surface area contributed by atoms with Crippen molar-refractivity contribution in [3.8, 4) is 0 Å². The number of carbonyl (C=O) groups is 4. The molecule has 2 rings (SSSR count). The number of esters is 1. The second kappa shape index (κ2) is 11.0. The fourth-order valence-electron chi connectivity index (χ4n) is 5.25. The van der Waals surface area contributed by atoms with E-state index in [0.717, 1.165) is 12.8 Å². The lowest BCUT2D eigenvalue weighted by Crippen LogP contribution is -2.56. The van der Waals surface area contributed by atoms with Gasteiger partial charge in [-0.05, 0) is 71.8 Å². The molecule has 3 atom stereocenters. The number of rotatable bonds is 8. The second-order valence-corrected chi connectivity index (χ2v) is 11.9. The number of allylic oxidation sites excluding steroid dienone is 1. The summed E-state index contributed by atoms with van der Waals surface area (Å²) in [5.41, 5.74) is -1.33. The first-order valence-electron chi connectivity index (χ1n) is 12.7. The summed E-state index contributed by atoms with van der Waals surface area (Å²) in [6.07, 6.45) is 7.02. The van der Waals surface area contributed by atoms with Gasteiger partial charge in [0.05, 0.1) is 5.92 Å². The van der Waals surface area contributed by atoms with Crippen molar-refractivity contribution in [2.45, 2.75) is 111 Å². The minimum atomic E-state index is -0.714. The fourth-order valence-corrected chi connectivity index (χ4v) is 5.25. The maximum absolute atomic E-state index is 13.2. The van der Waals surface area contributed by atoms with Gasteiger partial charge in [0, 0.05) is 29.3 Å². The smallest absolute Gasteiger partial charge is 0.308 e. The highest BCUT2D eigenvalue weighted by molar-refractivity contribution is 6.04. The van der Waals surface area contributed by atoms with Crippen molar-refractivity contribution in [3.05, 3.63) is 12.2 Å². The van der Waals surface area contributed by atoms with Crippen molar-refractivity contribution in [3.63, 3.8) is 0 Å². The third kappa shape index (κ3) is 7.16. The van der Waals surface area contributed by atoms with Crippen molar-refractivity contribution < 1.29 is 23.9 Å². The van der Waals surface area contributed by atoms with Crippen LogP contribution < -0.4 is 5.32 Å². The van der Waals surface area contributed by atoms with Crippen molar-refractivity contribution in [1.29, 1.82) is 0 Å². The van der Waals surface area contributed by atoms with Crippen LogP contribution in [-0.4, -0.2) is 45.8 Å². The Kier molecular flexibility index (Phi) is 9.11. The minimum absolute atomic E-state index is 0.0378. The molecule has 1 unspecified atom stereocenters. The lowest BCUT2D eigenvalue weighted by atomic mass is 9.84. The molecule has 1 saturated heterocycles. The van der Waals surface area contributed by atoms with E-state index < -0.39 is 11.1 Å². The first-order chi connectivity index (χ1) is 15.6. The van der Waals surface area contributed by atoms with Gasteiger partial charge in [-0.3, -0.25) is 24.1 Å². The number of nitrogens with one attached hydrogen (secondary N) is 1. The molecule has 1 aliphatic heterocycles. The summed E-state index contributed by atoms with van der Waals surface area (Å²) in [7, 11) is 0. The van der Waals surface area contributed by atoms with Crippen molar-refractivity contribution in [2.75, 3.05) is 0 Å². The first kappa shape index (κ1) is 28.1. The molecule has 3 amide bonds. The molecule has 2 aliphatic rings. The molecule has 1 N–H and O–H groups in total. The number of imide groups is 1. The van der Waals surface area contributed by atoms with E-state index >= 15 is 0 Å². The summed E-state index contributed by atoms with van der Waals surface area (Å²) in [4.78, 5) is 52.2. The van der Waals surface area contributed by atoms with Crippen LogP contribution in [0.15, 0.2) is 12.2 Å². The zero-order valence-electron chi connectivity index (χ0n) is 22.3. The molecule has 34 heavy (non-hydrogen) atoms. The number of ether oxygens (including phenoxy) is 1. The summed E-state index contributed by atoms with van der Waals surface area (Å²) < 4.78 is 5.56. The Bertz CT molecular complexity index is 812. The topological polar surface area (TPSA) is 92.8 Å². The van der Waals surface area contributed by atoms with Crippen LogP contribution in [0.3, 0.4) is 0 Å². The van der Waals surface area contributed by atoms with E-state index in [9.17, 15) is 19.2 Å². The van der Waals surface area contributed by atoms with E-state index in [2.05, 4.69) is 5.32 Å². The monoisotopic (exact) mass is 476 g/mol. The van der Waals surface area contributed by atoms with Crippen LogP contribution in [0.2, 0.25) is 0 Å². The number of nitrogens with zero attached hydrogens (tertiary/aromatic N) is 1. The van der Waals surface area contributed by atoms with Gasteiger partial charge in [0.1, 0.15) is 6.10 Å². The molecular formula is C27H44N2O5. The zero-order valence-corrected chi connectivity index (χ0v) is 22.3. The average Bonchev–Trinajstić information content (AvgIpc) is 2.97. The van der Waals surface area contributed by atoms with Gasteiger partial charge in [0.25, 0.3) is 0 Å².